The molecule has 8 heteroatoms. The predicted molar refractivity (Wildman–Crippen MR) is 76.0 cm³/mol. The third-order valence-electron chi connectivity index (χ3n) is 2.86. The number of carbonyl (C=O) groups excluding carboxylic acids is 1. The van der Waals surface area contributed by atoms with E-state index in [1.807, 2.05) is 24.3 Å². The smallest absolute Gasteiger partial charge is 0.324 e. The molecule has 21 heavy (non-hydrogen) atoms. The van der Waals surface area contributed by atoms with Crippen LogP contribution >= 0.6 is 0 Å². The molecule has 0 bridgehead atoms. The minimum atomic E-state index is -0.637. The fraction of sp³-hybridized carbons (Fsp3) is 0.0769. The Hall–Kier alpha value is -3.16. The van der Waals surface area contributed by atoms with Crippen LogP contribution in [0.4, 0.5) is 5.95 Å². The zero-order chi connectivity index (χ0) is 14.8. The van der Waals surface area contributed by atoms with Gasteiger partial charge in [0.1, 0.15) is 6.54 Å². The number of H-pyrrole nitrogens is 2. The standard InChI is InChI=1S/C13H11N5O3/c19-10-5-6-18(13(21)17-10)7-11(20)16-12-14-8-3-1-2-4-9(8)15-12/h1-6H,7H2,(H,17,19,21)(H2,14,15,16,20). The van der Waals surface area contributed by atoms with Crippen LogP contribution in [-0.4, -0.2) is 25.4 Å². The Morgan fingerprint density at radius 1 is 1.19 bits per heavy atom. The van der Waals surface area contributed by atoms with Crippen LogP contribution in [0.2, 0.25) is 0 Å². The van der Waals surface area contributed by atoms with Gasteiger partial charge in [-0.2, -0.15) is 0 Å². The Kier molecular flexibility index (Phi) is 3.11. The van der Waals surface area contributed by atoms with Gasteiger partial charge in [-0.05, 0) is 12.1 Å². The fourth-order valence-electron chi connectivity index (χ4n) is 1.91. The largest absolute Gasteiger partial charge is 0.328 e. The number of nitrogens with zero attached hydrogens (tertiary/aromatic N) is 2. The first kappa shape index (κ1) is 12.9. The second-order valence-electron chi connectivity index (χ2n) is 4.39. The van der Waals surface area contributed by atoms with E-state index in [4.69, 9.17) is 0 Å². The van der Waals surface area contributed by atoms with Gasteiger partial charge in [-0.25, -0.2) is 9.78 Å². The van der Waals surface area contributed by atoms with Crippen molar-refractivity contribution in [2.24, 2.45) is 0 Å². The maximum absolute atomic E-state index is 11.9. The Bertz CT molecular complexity index is 888. The van der Waals surface area contributed by atoms with E-state index in [1.165, 1.54) is 12.3 Å². The molecular formula is C13H11N5O3. The molecule has 0 fully saturated rings. The van der Waals surface area contributed by atoms with Gasteiger partial charge < -0.3 is 4.98 Å². The average Bonchev–Trinajstić information content (AvgIpc) is 2.84. The van der Waals surface area contributed by atoms with Crippen molar-refractivity contribution in [3.05, 3.63) is 57.4 Å². The van der Waals surface area contributed by atoms with Crippen LogP contribution in [0.1, 0.15) is 0 Å². The molecule has 0 spiro atoms. The summed E-state index contributed by atoms with van der Waals surface area (Å²) < 4.78 is 1.10. The molecule has 3 aromatic rings. The number of hydrogen-bond donors (Lipinski definition) is 3. The lowest BCUT2D eigenvalue weighted by Gasteiger charge is -2.04. The summed E-state index contributed by atoms with van der Waals surface area (Å²) in [4.78, 5) is 43.5. The quantitative estimate of drug-likeness (QED) is 0.631. The third-order valence-corrected chi connectivity index (χ3v) is 2.86. The number of fused-ring (bicyclic) bond motifs is 1. The van der Waals surface area contributed by atoms with Crippen LogP contribution in [-0.2, 0) is 11.3 Å². The number of rotatable bonds is 3. The van der Waals surface area contributed by atoms with Crippen molar-refractivity contribution in [2.45, 2.75) is 6.54 Å². The molecule has 0 radical (unpaired) electrons. The minimum absolute atomic E-state index is 0.216. The summed E-state index contributed by atoms with van der Waals surface area (Å²) in [7, 11) is 0. The van der Waals surface area contributed by atoms with Crippen LogP contribution in [0.5, 0.6) is 0 Å². The van der Waals surface area contributed by atoms with Gasteiger partial charge in [0.15, 0.2) is 0 Å². The van der Waals surface area contributed by atoms with Gasteiger partial charge in [0.2, 0.25) is 11.9 Å². The zero-order valence-corrected chi connectivity index (χ0v) is 10.8. The predicted octanol–water partition coefficient (Wildman–Crippen LogP) is 0.0516. The topological polar surface area (TPSA) is 113 Å². The van der Waals surface area contributed by atoms with E-state index in [2.05, 4.69) is 20.3 Å². The van der Waals surface area contributed by atoms with Gasteiger partial charge >= 0.3 is 5.69 Å². The van der Waals surface area contributed by atoms with E-state index in [0.29, 0.717) is 5.95 Å². The molecule has 0 saturated heterocycles. The van der Waals surface area contributed by atoms with Gasteiger partial charge in [0, 0.05) is 12.3 Å². The molecule has 2 heterocycles. The first-order valence-electron chi connectivity index (χ1n) is 6.16. The van der Waals surface area contributed by atoms with Crippen LogP contribution in [0.3, 0.4) is 0 Å². The maximum Gasteiger partial charge on any atom is 0.328 e. The Labute approximate surface area is 117 Å². The lowest BCUT2D eigenvalue weighted by Crippen LogP contribution is -2.32. The molecule has 0 aliphatic rings. The summed E-state index contributed by atoms with van der Waals surface area (Å²) in [6, 6.07) is 8.52. The Morgan fingerprint density at radius 2 is 2.00 bits per heavy atom. The first-order valence-corrected chi connectivity index (χ1v) is 6.16. The van der Waals surface area contributed by atoms with Gasteiger partial charge in [-0.1, -0.05) is 12.1 Å². The molecule has 3 rings (SSSR count). The number of hydrogen-bond acceptors (Lipinski definition) is 4. The summed E-state index contributed by atoms with van der Waals surface area (Å²) in [6.45, 7) is -0.216. The highest BCUT2D eigenvalue weighted by Gasteiger charge is 2.08. The van der Waals surface area contributed by atoms with Crippen molar-refractivity contribution in [2.75, 3.05) is 5.32 Å². The van der Waals surface area contributed by atoms with E-state index < -0.39 is 17.2 Å². The van der Waals surface area contributed by atoms with Crippen LogP contribution in [0, 0.1) is 0 Å². The number of carbonyl (C=O) groups is 1. The summed E-state index contributed by atoms with van der Waals surface area (Å²) in [6.07, 6.45) is 1.26. The molecule has 3 N–H and O–H groups in total. The number of nitrogens with one attached hydrogen (secondary N) is 3. The van der Waals surface area contributed by atoms with Gasteiger partial charge in [0.25, 0.3) is 5.56 Å². The highest BCUT2D eigenvalue weighted by Crippen LogP contribution is 2.12. The molecule has 1 aromatic carbocycles. The zero-order valence-electron chi connectivity index (χ0n) is 10.8. The SMILES string of the molecule is O=C(Cn1ccc(=O)[nH]c1=O)Nc1nc2ccccc2[nH]1. The highest BCUT2D eigenvalue weighted by molar-refractivity contribution is 5.90. The number of anilines is 1. The maximum atomic E-state index is 11.9. The van der Waals surface area contributed by atoms with E-state index in [9.17, 15) is 14.4 Å². The number of amides is 1. The fourth-order valence-corrected chi connectivity index (χ4v) is 1.91. The monoisotopic (exact) mass is 285 g/mol. The Morgan fingerprint density at radius 3 is 2.76 bits per heavy atom. The van der Waals surface area contributed by atoms with E-state index in [-0.39, 0.29) is 6.54 Å². The van der Waals surface area contributed by atoms with E-state index in [0.717, 1.165) is 15.6 Å². The molecule has 106 valence electrons. The van der Waals surface area contributed by atoms with Crippen LogP contribution in [0.25, 0.3) is 11.0 Å². The molecule has 0 saturated carbocycles. The van der Waals surface area contributed by atoms with Crippen molar-refractivity contribution in [1.82, 2.24) is 19.5 Å². The van der Waals surface area contributed by atoms with Crippen LogP contribution in [0.15, 0.2) is 46.1 Å². The molecule has 0 aliphatic heterocycles. The van der Waals surface area contributed by atoms with Crippen molar-refractivity contribution >= 4 is 22.9 Å². The van der Waals surface area contributed by atoms with Crippen molar-refractivity contribution in [3.8, 4) is 0 Å². The summed E-state index contributed by atoms with van der Waals surface area (Å²) >= 11 is 0. The number of benzene rings is 1. The molecule has 0 atom stereocenters. The first-order chi connectivity index (χ1) is 10.1. The normalized spacial score (nSPS) is 10.7. The van der Waals surface area contributed by atoms with E-state index >= 15 is 0 Å². The van der Waals surface area contributed by atoms with Gasteiger partial charge in [-0.15, -0.1) is 0 Å². The van der Waals surface area contributed by atoms with Crippen molar-refractivity contribution in [3.63, 3.8) is 0 Å². The Balaban J connectivity index is 1.77. The summed E-state index contributed by atoms with van der Waals surface area (Å²) in [5.41, 5.74) is 0.388. The molecule has 0 unspecified atom stereocenters. The molecule has 8 nitrogen and oxygen atoms in total. The van der Waals surface area contributed by atoms with Crippen LogP contribution < -0.4 is 16.6 Å². The third kappa shape index (κ3) is 2.73. The summed E-state index contributed by atoms with van der Waals surface area (Å²) in [5.74, 6) is -0.123. The second-order valence-corrected chi connectivity index (χ2v) is 4.39. The highest BCUT2D eigenvalue weighted by atomic mass is 16.2. The average molecular weight is 285 g/mol. The molecule has 1 amide bonds. The lowest BCUT2D eigenvalue weighted by molar-refractivity contribution is -0.116. The number of aromatic amines is 2. The van der Waals surface area contributed by atoms with Gasteiger partial charge in [0.05, 0.1) is 11.0 Å². The summed E-state index contributed by atoms with van der Waals surface area (Å²) in [5, 5.41) is 2.56. The number of para-hydroxylation sites is 2. The van der Waals surface area contributed by atoms with Crippen molar-refractivity contribution in [1.29, 1.82) is 0 Å². The van der Waals surface area contributed by atoms with Gasteiger partial charge in [-0.3, -0.25) is 24.5 Å². The molecule has 0 aliphatic carbocycles. The molecule has 2 aromatic heterocycles. The number of aromatic nitrogens is 4. The second kappa shape index (κ2) is 5.08. The molecular weight excluding hydrogens is 274 g/mol. The van der Waals surface area contributed by atoms with E-state index in [1.54, 1.807) is 0 Å². The lowest BCUT2D eigenvalue weighted by atomic mass is 10.3. The minimum Gasteiger partial charge on any atom is -0.324 e. The van der Waals surface area contributed by atoms with Crippen molar-refractivity contribution < 1.29 is 4.79 Å². The number of imidazole rings is 1.